The maximum Gasteiger partial charge on any atom is 0.187 e. The second-order valence-corrected chi connectivity index (χ2v) is 8.77. The number of rotatable bonds is 7. The zero-order valence-electron chi connectivity index (χ0n) is 21.6. The van der Waals surface area contributed by atoms with E-state index in [4.69, 9.17) is 14.2 Å². The van der Waals surface area contributed by atoms with E-state index in [-0.39, 0.29) is 5.78 Å². The number of anilines is 1. The van der Waals surface area contributed by atoms with Crippen LogP contribution in [-0.2, 0) is 0 Å². The van der Waals surface area contributed by atoms with E-state index in [0.717, 1.165) is 44.8 Å². The van der Waals surface area contributed by atoms with Crippen molar-refractivity contribution in [2.75, 3.05) is 40.3 Å². The van der Waals surface area contributed by atoms with Crippen molar-refractivity contribution >= 4 is 22.6 Å². The first-order valence-electron chi connectivity index (χ1n) is 11.7. The lowest BCUT2D eigenvalue weighted by Gasteiger charge is -2.21. The minimum atomic E-state index is -0.0597. The molecule has 1 aliphatic carbocycles. The van der Waals surface area contributed by atoms with Crippen molar-refractivity contribution < 1.29 is 19.0 Å². The Kier molecular flexibility index (Phi) is 7.30. The zero-order chi connectivity index (χ0) is 25.8. The third kappa shape index (κ3) is 4.91. The number of ketones is 1. The van der Waals surface area contributed by atoms with Gasteiger partial charge >= 0.3 is 0 Å². The summed E-state index contributed by atoms with van der Waals surface area (Å²) in [6.45, 7) is 1.95. The molecular weight excluding hydrogens is 450 g/mol. The SMILES string of the molecule is COc1ccc(C(=CC=C2C(C)=CC(=O)c3cc(OC)cc(OC)c32)c2ccc(N(C)C)cc2)cc1. The average Bonchev–Trinajstić information content (AvgIpc) is 2.90. The Hall–Kier alpha value is -4.25. The van der Waals surface area contributed by atoms with E-state index in [2.05, 4.69) is 53.5 Å². The Morgan fingerprint density at radius 3 is 1.97 bits per heavy atom. The van der Waals surface area contributed by atoms with Crippen molar-refractivity contribution in [3.8, 4) is 17.2 Å². The van der Waals surface area contributed by atoms with E-state index in [1.807, 2.05) is 39.2 Å². The molecule has 1 aliphatic rings. The zero-order valence-corrected chi connectivity index (χ0v) is 21.6. The van der Waals surface area contributed by atoms with Gasteiger partial charge in [0.15, 0.2) is 5.78 Å². The van der Waals surface area contributed by atoms with Crippen LogP contribution in [0, 0.1) is 0 Å². The molecule has 0 amide bonds. The van der Waals surface area contributed by atoms with Crippen LogP contribution >= 0.6 is 0 Å². The van der Waals surface area contributed by atoms with E-state index in [1.165, 1.54) is 0 Å². The molecule has 0 spiro atoms. The molecule has 0 N–H and O–H groups in total. The minimum Gasteiger partial charge on any atom is -0.497 e. The summed E-state index contributed by atoms with van der Waals surface area (Å²) in [5.74, 6) is 1.93. The van der Waals surface area contributed by atoms with Gasteiger partial charge < -0.3 is 19.1 Å². The smallest absolute Gasteiger partial charge is 0.187 e. The van der Waals surface area contributed by atoms with Crippen molar-refractivity contribution in [2.45, 2.75) is 6.92 Å². The number of allylic oxidation sites excluding steroid dienone is 5. The molecule has 3 aromatic rings. The first-order chi connectivity index (χ1) is 17.4. The summed E-state index contributed by atoms with van der Waals surface area (Å²) in [5, 5.41) is 0. The topological polar surface area (TPSA) is 48.0 Å². The van der Waals surface area contributed by atoms with Crippen molar-refractivity contribution in [3.05, 3.63) is 107 Å². The molecule has 0 radical (unpaired) electrons. The van der Waals surface area contributed by atoms with Crippen LogP contribution in [0.5, 0.6) is 17.2 Å². The van der Waals surface area contributed by atoms with Gasteiger partial charge in [0.2, 0.25) is 0 Å². The van der Waals surface area contributed by atoms with E-state index in [9.17, 15) is 4.79 Å². The fourth-order valence-corrected chi connectivity index (χ4v) is 4.34. The van der Waals surface area contributed by atoms with Crippen molar-refractivity contribution in [1.29, 1.82) is 0 Å². The molecule has 0 fully saturated rings. The number of hydrogen-bond donors (Lipinski definition) is 0. The van der Waals surface area contributed by atoms with Gasteiger partial charge in [-0.2, -0.15) is 0 Å². The third-order valence-electron chi connectivity index (χ3n) is 6.35. The van der Waals surface area contributed by atoms with Gasteiger partial charge in [-0.3, -0.25) is 4.79 Å². The molecule has 0 aromatic heterocycles. The van der Waals surface area contributed by atoms with Crippen LogP contribution in [0.4, 0.5) is 5.69 Å². The summed E-state index contributed by atoms with van der Waals surface area (Å²) < 4.78 is 16.4. The van der Waals surface area contributed by atoms with Crippen LogP contribution in [0.3, 0.4) is 0 Å². The van der Waals surface area contributed by atoms with Crippen molar-refractivity contribution in [3.63, 3.8) is 0 Å². The largest absolute Gasteiger partial charge is 0.497 e. The van der Waals surface area contributed by atoms with E-state index in [0.29, 0.717) is 17.1 Å². The summed E-state index contributed by atoms with van der Waals surface area (Å²) >= 11 is 0. The molecule has 3 aromatic carbocycles. The van der Waals surface area contributed by atoms with Crippen molar-refractivity contribution in [1.82, 2.24) is 0 Å². The van der Waals surface area contributed by atoms with E-state index < -0.39 is 0 Å². The first-order valence-corrected chi connectivity index (χ1v) is 11.7. The summed E-state index contributed by atoms with van der Waals surface area (Å²) in [5.41, 5.74) is 7.47. The highest BCUT2D eigenvalue weighted by Gasteiger charge is 2.25. The number of hydrogen-bond acceptors (Lipinski definition) is 5. The number of fused-ring (bicyclic) bond motifs is 1. The van der Waals surface area contributed by atoms with Gasteiger partial charge in [0.1, 0.15) is 17.2 Å². The summed E-state index contributed by atoms with van der Waals surface area (Å²) in [4.78, 5) is 14.9. The fraction of sp³-hybridized carbons (Fsp3) is 0.194. The Labute approximate surface area is 212 Å². The van der Waals surface area contributed by atoms with Gasteiger partial charge in [0, 0.05) is 37.0 Å². The molecule has 4 rings (SSSR count). The normalized spacial score (nSPS) is 14.3. The predicted octanol–water partition coefficient (Wildman–Crippen LogP) is 6.44. The van der Waals surface area contributed by atoms with Gasteiger partial charge in [-0.1, -0.05) is 36.4 Å². The summed E-state index contributed by atoms with van der Waals surface area (Å²) in [6.07, 6.45) is 5.83. The molecule has 0 saturated heterocycles. The highest BCUT2D eigenvalue weighted by atomic mass is 16.5. The van der Waals surface area contributed by atoms with Gasteiger partial charge in [-0.25, -0.2) is 0 Å². The van der Waals surface area contributed by atoms with E-state index >= 15 is 0 Å². The number of nitrogens with zero attached hydrogens (tertiary/aromatic N) is 1. The Balaban J connectivity index is 1.90. The van der Waals surface area contributed by atoms with E-state index in [1.54, 1.807) is 33.5 Å². The summed E-state index contributed by atoms with van der Waals surface area (Å²) in [7, 11) is 8.90. The number of methoxy groups -OCH3 is 3. The Bertz CT molecular complexity index is 1360. The highest BCUT2D eigenvalue weighted by molar-refractivity contribution is 6.15. The van der Waals surface area contributed by atoms with Crippen LogP contribution in [-0.4, -0.2) is 41.2 Å². The molecule has 5 heteroatoms. The molecule has 0 unspecified atom stereocenters. The number of benzene rings is 3. The lowest BCUT2D eigenvalue weighted by atomic mass is 9.85. The molecular formula is C31H31NO4. The monoisotopic (exact) mass is 481 g/mol. The highest BCUT2D eigenvalue weighted by Crippen LogP contribution is 2.41. The average molecular weight is 482 g/mol. The molecule has 0 aliphatic heterocycles. The van der Waals surface area contributed by atoms with Crippen LogP contribution in [0.2, 0.25) is 0 Å². The quantitative estimate of drug-likeness (QED) is 0.389. The molecule has 184 valence electrons. The molecule has 5 nitrogen and oxygen atoms in total. The predicted molar refractivity (Wildman–Crippen MR) is 146 cm³/mol. The maximum absolute atomic E-state index is 12.9. The maximum atomic E-state index is 12.9. The molecule has 0 saturated carbocycles. The molecule has 0 atom stereocenters. The molecule has 36 heavy (non-hydrogen) atoms. The van der Waals surface area contributed by atoms with Gasteiger partial charge in [0.05, 0.1) is 21.3 Å². The molecule has 0 bridgehead atoms. The minimum absolute atomic E-state index is 0.0597. The second-order valence-electron chi connectivity index (χ2n) is 8.77. The van der Waals surface area contributed by atoms with Crippen LogP contribution < -0.4 is 19.1 Å². The first kappa shape index (κ1) is 24.9. The molecule has 0 heterocycles. The third-order valence-corrected chi connectivity index (χ3v) is 6.35. The second kappa shape index (κ2) is 10.6. The fourth-order valence-electron chi connectivity index (χ4n) is 4.34. The Morgan fingerprint density at radius 1 is 0.806 bits per heavy atom. The number of ether oxygens (including phenoxy) is 3. The van der Waals surface area contributed by atoms with Crippen LogP contribution in [0.25, 0.3) is 11.1 Å². The van der Waals surface area contributed by atoms with Crippen molar-refractivity contribution in [2.24, 2.45) is 0 Å². The van der Waals surface area contributed by atoms with Crippen LogP contribution in [0.15, 0.2) is 84.5 Å². The van der Waals surface area contributed by atoms with Gasteiger partial charge in [0.25, 0.3) is 0 Å². The number of carbonyl (C=O) groups is 1. The van der Waals surface area contributed by atoms with Gasteiger partial charge in [-0.15, -0.1) is 0 Å². The lowest BCUT2D eigenvalue weighted by molar-refractivity contribution is 0.104. The number of carbonyl (C=O) groups excluding carboxylic acids is 1. The van der Waals surface area contributed by atoms with Crippen LogP contribution in [0.1, 0.15) is 34.0 Å². The standard InChI is InChI=1S/C31H31NO4/c1-20-17-29(33)28-18-25(35-5)19-30(36-6)31(28)26(20)15-16-27(22-9-13-24(34-4)14-10-22)21-7-11-23(12-8-21)32(2)3/h7-19H,1-6H3. The lowest BCUT2D eigenvalue weighted by Crippen LogP contribution is -2.10. The van der Waals surface area contributed by atoms with Gasteiger partial charge in [-0.05, 0) is 71.2 Å². The summed E-state index contributed by atoms with van der Waals surface area (Å²) in [6, 6.07) is 20.1. The Morgan fingerprint density at radius 2 is 1.42 bits per heavy atom.